The van der Waals surface area contributed by atoms with Crippen LogP contribution in [0.15, 0.2) is 0 Å². The van der Waals surface area contributed by atoms with Crippen molar-refractivity contribution in [3.8, 4) is 6.07 Å². The molecule has 0 heterocycles. The van der Waals surface area contributed by atoms with E-state index >= 15 is 0 Å². The smallest absolute Gasteiger partial charge is 0.191 e. The van der Waals surface area contributed by atoms with Crippen molar-refractivity contribution >= 4 is 8.32 Å². The molecule has 162 valence electrons. The quantitative estimate of drug-likeness (QED) is 0.354. The fourth-order valence-corrected chi connectivity index (χ4v) is 6.37. The SMILES string of the molecule is CC(C)(C)OC1CCC2C(CCCO[Si](C)(C)C(C)(C)C)C(C#N)CC[C@]12C. The van der Waals surface area contributed by atoms with Gasteiger partial charge in [0.05, 0.1) is 17.8 Å². The molecule has 2 saturated carbocycles. The summed E-state index contributed by atoms with van der Waals surface area (Å²) in [6.45, 7) is 21.3. The van der Waals surface area contributed by atoms with Crippen LogP contribution >= 0.6 is 0 Å². The number of fused-ring (bicyclic) bond motifs is 1. The van der Waals surface area contributed by atoms with Gasteiger partial charge in [-0.1, -0.05) is 27.7 Å². The molecular formula is C24H45NO2Si. The molecule has 4 unspecified atom stereocenters. The molecule has 0 spiro atoms. The monoisotopic (exact) mass is 407 g/mol. The molecule has 2 fully saturated rings. The molecule has 0 N–H and O–H groups in total. The average Bonchev–Trinajstić information content (AvgIpc) is 2.85. The molecule has 0 radical (unpaired) electrons. The molecule has 0 aromatic rings. The Hall–Kier alpha value is -0.373. The summed E-state index contributed by atoms with van der Waals surface area (Å²) in [5.74, 6) is 1.32. The number of hydrogen-bond acceptors (Lipinski definition) is 3. The van der Waals surface area contributed by atoms with E-state index in [-0.39, 0.29) is 22.0 Å². The first-order valence-corrected chi connectivity index (χ1v) is 14.3. The molecule has 0 aromatic carbocycles. The van der Waals surface area contributed by atoms with Gasteiger partial charge in [0, 0.05) is 12.5 Å². The minimum atomic E-state index is -1.68. The van der Waals surface area contributed by atoms with E-state index in [2.05, 4.69) is 67.6 Å². The largest absolute Gasteiger partial charge is 0.417 e. The normalized spacial score (nSPS) is 34.1. The molecule has 28 heavy (non-hydrogen) atoms. The van der Waals surface area contributed by atoms with E-state index in [1.165, 1.54) is 6.42 Å². The van der Waals surface area contributed by atoms with Crippen molar-refractivity contribution in [2.45, 2.75) is 117 Å². The Morgan fingerprint density at radius 2 is 1.71 bits per heavy atom. The summed E-state index contributed by atoms with van der Waals surface area (Å²) in [5.41, 5.74) is 0.132. The second kappa shape index (κ2) is 8.40. The number of hydrogen-bond donors (Lipinski definition) is 0. The average molecular weight is 408 g/mol. The molecular weight excluding hydrogens is 362 g/mol. The number of nitriles is 1. The third-order valence-corrected chi connectivity index (χ3v) is 12.5. The van der Waals surface area contributed by atoms with Gasteiger partial charge in [-0.3, -0.25) is 0 Å². The van der Waals surface area contributed by atoms with Crippen molar-refractivity contribution in [1.29, 1.82) is 5.26 Å². The van der Waals surface area contributed by atoms with Crippen LogP contribution in [0.4, 0.5) is 0 Å². The van der Waals surface area contributed by atoms with E-state index in [4.69, 9.17) is 9.16 Å². The summed E-state index contributed by atoms with van der Waals surface area (Å²) in [6.07, 6.45) is 7.05. The fourth-order valence-electron chi connectivity index (χ4n) is 5.29. The van der Waals surface area contributed by atoms with E-state index in [0.29, 0.717) is 17.9 Å². The van der Waals surface area contributed by atoms with Crippen molar-refractivity contribution in [2.75, 3.05) is 6.61 Å². The van der Waals surface area contributed by atoms with Crippen LogP contribution in [0.2, 0.25) is 18.1 Å². The van der Waals surface area contributed by atoms with E-state index in [1.54, 1.807) is 0 Å². The van der Waals surface area contributed by atoms with Crippen LogP contribution in [-0.4, -0.2) is 26.6 Å². The van der Waals surface area contributed by atoms with Crippen molar-refractivity contribution in [3.05, 3.63) is 0 Å². The number of nitrogens with zero attached hydrogens (tertiary/aromatic N) is 1. The molecule has 0 bridgehead atoms. The highest BCUT2D eigenvalue weighted by Gasteiger charge is 2.55. The number of ether oxygens (including phenoxy) is 1. The summed E-state index contributed by atoms with van der Waals surface area (Å²) in [6, 6.07) is 2.66. The molecule has 0 aromatic heterocycles. The van der Waals surface area contributed by atoms with E-state index in [1.807, 2.05) is 0 Å². The van der Waals surface area contributed by atoms with Crippen LogP contribution in [0.25, 0.3) is 0 Å². The van der Waals surface area contributed by atoms with Crippen LogP contribution in [-0.2, 0) is 9.16 Å². The van der Waals surface area contributed by atoms with Gasteiger partial charge < -0.3 is 9.16 Å². The summed E-state index contributed by atoms with van der Waals surface area (Å²) in [5, 5.41) is 10.1. The van der Waals surface area contributed by atoms with Crippen LogP contribution in [0.5, 0.6) is 0 Å². The predicted molar refractivity (Wildman–Crippen MR) is 120 cm³/mol. The lowest BCUT2D eigenvalue weighted by atomic mass is 9.59. The van der Waals surface area contributed by atoms with E-state index in [0.717, 1.165) is 38.7 Å². The van der Waals surface area contributed by atoms with Crippen LogP contribution in [0, 0.1) is 34.5 Å². The molecule has 0 saturated heterocycles. The Morgan fingerprint density at radius 1 is 1.07 bits per heavy atom. The topological polar surface area (TPSA) is 42.2 Å². The Labute approximate surface area is 175 Å². The molecule has 2 rings (SSSR count). The maximum Gasteiger partial charge on any atom is 0.191 e. The van der Waals surface area contributed by atoms with Crippen LogP contribution < -0.4 is 0 Å². The zero-order chi connectivity index (χ0) is 21.4. The molecule has 0 aliphatic heterocycles. The van der Waals surface area contributed by atoms with Gasteiger partial charge >= 0.3 is 0 Å². The van der Waals surface area contributed by atoms with Crippen molar-refractivity contribution in [3.63, 3.8) is 0 Å². The van der Waals surface area contributed by atoms with Crippen LogP contribution in [0.1, 0.15) is 87.0 Å². The second-order valence-corrected chi connectivity index (χ2v) is 16.9. The maximum atomic E-state index is 9.80. The molecule has 0 amide bonds. The first-order valence-electron chi connectivity index (χ1n) is 11.4. The van der Waals surface area contributed by atoms with E-state index in [9.17, 15) is 5.26 Å². The Morgan fingerprint density at radius 3 is 2.25 bits per heavy atom. The van der Waals surface area contributed by atoms with Gasteiger partial charge in [-0.05, 0) is 94.7 Å². The van der Waals surface area contributed by atoms with E-state index < -0.39 is 8.32 Å². The standard InChI is InChI=1S/C24H45NO2Si/c1-22(2,3)27-21-13-12-20-19(18(17-25)14-15-24(20,21)7)11-10-16-26-28(8,9)23(4,5)6/h18-21H,10-16H2,1-9H3/t18?,19?,20?,21?,24-/m0/s1. The van der Waals surface area contributed by atoms with Crippen molar-refractivity contribution in [1.82, 2.24) is 0 Å². The highest BCUT2D eigenvalue weighted by Crippen LogP contribution is 2.58. The minimum absolute atomic E-state index is 0.0961. The van der Waals surface area contributed by atoms with Gasteiger partial charge in [0.25, 0.3) is 0 Å². The molecule has 5 atom stereocenters. The first kappa shape index (κ1) is 23.9. The fraction of sp³-hybridized carbons (Fsp3) is 0.958. The molecule has 4 heteroatoms. The summed E-state index contributed by atoms with van der Waals surface area (Å²) in [4.78, 5) is 0. The highest BCUT2D eigenvalue weighted by molar-refractivity contribution is 6.74. The Kier molecular flexibility index (Phi) is 7.17. The molecule has 2 aliphatic carbocycles. The van der Waals surface area contributed by atoms with Crippen LogP contribution in [0.3, 0.4) is 0 Å². The third kappa shape index (κ3) is 5.21. The predicted octanol–water partition coefficient (Wildman–Crippen LogP) is 6.94. The van der Waals surface area contributed by atoms with Gasteiger partial charge in [0.2, 0.25) is 0 Å². The number of rotatable bonds is 6. The lowest BCUT2D eigenvalue weighted by Gasteiger charge is -2.48. The van der Waals surface area contributed by atoms with Gasteiger partial charge in [0.15, 0.2) is 8.32 Å². The van der Waals surface area contributed by atoms with Gasteiger partial charge in [0.1, 0.15) is 0 Å². The summed E-state index contributed by atoms with van der Waals surface area (Å²) >= 11 is 0. The molecule has 2 aliphatic rings. The van der Waals surface area contributed by atoms with Gasteiger partial charge in [-0.15, -0.1) is 0 Å². The zero-order valence-electron chi connectivity index (χ0n) is 20.0. The van der Waals surface area contributed by atoms with Crippen molar-refractivity contribution in [2.24, 2.45) is 23.2 Å². The zero-order valence-corrected chi connectivity index (χ0v) is 21.0. The maximum absolute atomic E-state index is 9.80. The Bertz CT molecular complexity index is 569. The lowest BCUT2D eigenvalue weighted by molar-refractivity contribution is -0.126. The van der Waals surface area contributed by atoms with Crippen molar-refractivity contribution < 1.29 is 9.16 Å². The second-order valence-electron chi connectivity index (χ2n) is 12.1. The summed E-state index contributed by atoms with van der Waals surface area (Å²) in [7, 11) is -1.68. The van der Waals surface area contributed by atoms with Gasteiger partial charge in [-0.2, -0.15) is 5.26 Å². The minimum Gasteiger partial charge on any atom is -0.417 e. The third-order valence-electron chi connectivity index (χ3n) is 7.96. The Balaban J connectivity index is 2.01. The van der Waals surface area contributed by atoms with Gasteiger partial charge in [-0.25, -0.2) is 0 Å². The summed E-state index contributed by atoms with van der Waals surface area (Å²) < 4.78 is 12.9. The first-order chi connectivity index (χ1) is 12.7. The highest BCUT2D eigenvalue weighted by atomic mass is 28.4. The molecule has 3 nitrogen and oxygen atoms in total. The lowest BCUT2D eigenvalue weighted by Crippen LogP contribution is -2.46.